The van der Waals surface area contributed by atoms with Gasteiger partial charge in [-0.3, -0.25) is 14.4 Å². The molecule has 0 saturated heterocycles. The molecular weight excluding hydrogens is 388 g/mol. The van der Waals surface area contributed by atoms with Gasteiger partial charge in [0.2, 0.25) is 5.91 Å². The number of nitrogens with one attached hydrogen (secondary N) is 3. The van der Waals surface area contributed by atoms with Crippen LogP contribution in [0.2, 0.25) is 0 Å². The molecule has 1 aromatic carbocycles. The number of benzene rings is 1. The number of aromatic amines is 1. The Hall–Kier alpha value is -3.43. The Morgan fingerprint density at radius 2 is 1.86 bits per heavy atom. The Morgan fingerprint density at radius 1 is 1.14 bits per heavy atom. The number of hydrogen-bond acceptors (Lipinski definition) is 5. The summed E-state index contributed by atoms with van der Waals surface area (Å²) in [5, 5.41) is 4.96. The smallest absolute Gasteiger partial charge is 0.387 e. The molecule has 1 aromatic heterocycles. The molecule has 1 heterocycles. The quantitative estimate of drug-likeness (QED) is 0.614. The van der Waals surface area contributed by atoms with Gasteiger partial charge < -0.3 is 25.1 Å². The molecule has 0 fully saturated rings. The van der Waals surface area contributed by atoms with E-state index >= 15 is 0 Å². The average Bonchev–Trinajstić information content (AvgIpc) is 2.65. The second kappa shape index (κ2) is 9.67. The summed E-state index contributed by atoms with van der Waals surface area (Å²) in [4.78, 5) is 38.7. The average molecular weight is 409 g/mol. The molecule has 0 bridgehead atoms. The number of H-pyrrole nitrogens is 1. The van der Waals surface area contributed by atoms with Crippen LogP contribution in [0.25, 0.3) is 0 Å². The van der Waals surface area contributed by atoms with Crippen LogP contribution >= 0.6 is 0 Å². The lowest BCUT2D eigenvalue weighted by Crippen LogP contribution is -2.37. The molecule has 0 radical (unpaired) electrons. The second-order valence-electron chi connectivity index (χ2n) is 6.15. The maximum atomic E-state index is 12.3. The predicted molar refractivity (Wildman–Crippen MR) is 100 cm³/mol. The molecule has 8 nitrogen and oxygen atoms in total. The first kappa shape index (κ1) is 21.9. The van der Waals surface area contributed by atoms with Crippen LogP contribution in [0.5, 0.6) is 11.5 Å². The van der Waals surface area contributed by atoms with Gasteiger partial charge in [0.05, 0.1) is 13.7 Å². The zero-order chi connectivity index (χ0) is 21.6. The molecule has 0 aliphatic carbocycles. The zero-order valence-corrected chi connectivity index (χ0v) is 16.1. The molecule has 0 unspecified atom stereocenters. The van der Waals surface area contributed by atoms with Crippen LogP contribution in [0.15, 0.2) is 29.1 Å². The second-order valence-corrected chi connectivity index (χ2v) is 6.15. The number of methoxy groups -OCH3 is 1. The van der Waals surface area contributed by atoms with E-state index in [4.69, 9.17) is 4.74 Å². The number of aryl methyl sites for hydroxylation is 2. The molecule has 10 heteroatoms. The van der Waals surface area contributed by atoms with Gasteiger partial charge in [-0.2, -0.15) is 8.78 Å². The van der Waals surface area contributed by atoms with Crippen molar-refractivity contribution in [3.63, 3.8) is 0 Å². The molecule has 0 spiro atoms. The first-order chi connectivity index (χ1) is 13.7. The van der Waals surface area contributed by atoms with Crippen molar-refractivity contribution in [2.24, 2.45) is 0 Å². The Bertz CT molecular complexity index is 959. The number of alkyl halides is 2. The number of amides is 2. The highest BCUT2D eigenvalue weighted by molar-refractivity contribution is 5.97. The topological polar surface area (TPSA) is 110 Å². The van der Waals surface area contributed by atoms with E-state index in [1.165, 1.54) is 25.3 Å². The van der Waals surface area contributed by atoms with E-state index in [9.17, 15) is 23.2 Å². The van der Waals surface area contributed by atoms with Gasteiger partial charge in [-0.15, -0.1) is 0 Å². The summed E-state index contributed by atoms with van der Waals surface area (Å²) in [6.07, 6.45) is 0. The number of aromatic nitrogens is 1. The van der Waals surface area contributed by atoms with Gasteiger partial charge in [0, 0.05) is 23.4 Å². The van der Waals surface area contributed by atoms with Gasteiger partial charge in [-0.1, -0.05) is 0 Å². The van der Waals surface area contributed by atoms with Crippen LogP contribution in [-0.2, 0) is 11.3 Å². The molecule has 0 aliphatic rings. The van der Waals surface area contributed by atoms with Gasteiger partial charge in [0.1, 0.15) is 0 Å². The molecular formula is C19H21F2N3O5. The first-order valence-corrected chi connectivity index (χ1v) is 8.58. The Kier molecular flexibility index (Phi) is 7.29. The molecule has 156 valence electrons. The fourth-order valence-electron chi connectivity index (χ4n) is 2.62. The summed E-state index contributed by atoms with van der Waals surface area (Å²) >= 11 is 0. The largest absolute Gasteiger partial charge is 0.493 e. The molecule has 2 rings (SSSR count). The minimum atomic E-state index is -3.03. The highest BCUT2D eigenvalue weighted by Crippen LogP contribution is 2.29. The van der Waals surface area contributed by atoms with E-state index < -0.39 is 18.4 Å². The standard InChI is InChI=1S/C19H21F2N3O5/c1-10-6-11(2)24-18(27)13(10)8-22-16(25)9-23-17(26)12-4-5-14(29-19(20)21)15(7-12)28-3/h4-7,19H,8-9H2,1-3H3,(H,22,25)(H,23,26)(H,24,27). The fraction of sp³-hybridized carbons (Fsp3) is 0.316. The van der Waals surface area contributed by atoms with Gasteiger partial charge in [0.15, 0.2) is 11.5 Å². The van der Waals surface area contributed by atoms with Crippen molar-refractivity contribution in [1.29, 1.82) is 0 Å². The van der Waals surface area contributed by atoms with E-state index in [1.54, 1.807) is 19.9 Å². The van der Waals surface area contributed by atoms with Gasteiger partial charge in [-0.25, -0.2) is 0 Å². The Balaban J connectivity index is 1.93. The maximum Gasteiger partial charge on any atom is 0.387 e. The molecule has 0 atom stereocenters. The number of halogens is 2. The lowest BCUT2D eigenvalue weighted by molar-refractivity contribution is -0.120. The highest BCUT2D eigenvalue weighted by Gasteiger charge is 2.15. The van der Waals surface area contributed by atoms with Crippen molar-refractivity contribution in [1.82, 2.24) is 15.6 Å². The fourth-order valence-corrected chi connectivity index (χ4v) is 2.62. The molecule has 2 aromatic rings. The third kappa shape index (κ3) is 6.03. The number of ether oxygens (including phenoxy) is 2. The number of rotatable bonds is 8. The van der Waals surface area contributed by atoms with Crippen molar-refractivity contribution in [3.05, 3.63) is 57.0 Å². The summed E-state index contributed by atoms with van der Waals surface area (Å²) in [5.41, 5.74) is 1.70. The lowest BCUT2D eigenvalue weighted by atomic mass is 10.1. The molecule has 0 saturated carbocycles. The summed E-state index contributed by atoms with van der Waals surface area (Å²) in [6, 6.07) is 5.45. The molecule has 3 N–H and O–H groups in total. The predicted octanol–water partition coefficient (Wildman–Crippen LogP) is 1.65. The van der Waals surface area contributed by atoms with E-state index in [0.717, 1.165) is 11.3 Å². The zero-order valence-electron chi connectivity index (χ0n) is 16.1. The molecule has 29 heavy (non-hydrogen) atoms. The van der Waals surface area contributed by atoms with Crippen molar-refractivity contribution >= 4 is 11.8 Å². The number of carbonyl (C=O) groups excluding carboxylic acids is 2. The third-order valence-electron chi connectivity index (χ3n) is 4.01. The molecule has 2 amide bonds. The third-order valence-corrected chi connectivity index (χ3v) is 4.01. The number of pyridine rings is 1. The van der Waals surface area contributed by atoms with Crippen molar-refractivity contribution in [2.45, 2.75) is 27.0 Å². The minimum absolute atomic E-state index is 0.0175. The first-order valence-electron chi connectivity index (χ1n) is 8.58. The summed E-state index contributed by atoms with van der Waals surface area (Å²) in [7, 11) is 1.25. The van der Waals surface area contributed by atoms with Crippen LogP contribution in [0.3, 0.4) is 0 Å². The summed E-state index contributed by atoms with van der Waals surface area (Å²) in [5.74, 6) is -1.36. The van der Waals surface area contributed by atoms with Gasteiger partial charge in [0.25, 0.3) is 11.5 Å². The Labute approximate surface area is 165 Å². The number of carbonyl (C=O) groups is 2. The van der Waals surface area contributed by atoms with Gasteiger partial charge in [-0.05, 0) is 43.7 Å². The van der Waals surface area contributed by atoms with Crippen molar-refractivity contribution in [3.8, 4) is 11.5 Å². The highest BCUT2D eigenvalue weighted by atomic mass is 19.3. The maximum absolute atomic E-state index is 12.3. The minimum Gasteiger partial charge on any atom is -0.493 e. The van der Waals surface area contributed by atoms with Crippen LogP contribution in [0, 0.1) is 13.8 Å². The molecule has 0 aliphatic heterocycles. The van der Waals surface area contributed by atoms with Crippen LogP contribution in [0.4, 0.5) is 8.78 Å². The van der Waals surface area contributed by atoms with Crippen LogP contribution in [-0.4, -0.2) is 37.1 Å². The summed E-state index contributed by atoms with van der Waals surface area (Å²) < 4.78 is 33.9. The van der Waals surface area contributed by atoms with E-state index in [-0.39, 0.29) is 35.7 Å². The normalized spacial score (nSPS) is 10.6. The lowest BCUT2D eigenvalue weighted by Gasteiger charge is -2.12. The summed E-state index contributed by atoms with van der Waals surface area (Å²) in [6.45, 7) is 0.174. The van der Waals surface area contributed by atoms with E-state index in [0.29, 0.717) is 5.56 Å². The number of hydrogen-bond donors (Lipinski definition) is 3. The van der Waals surface area contributed by atoms with Gasteiger partial charge >= 0.3 is 6.61 Å². The van der Waals surface area contributed by atoms with Crippen molar-refractivity contribution < 1.29 is 27.8 Å². The monoisotopic (exact) mass is 409 g/mol. The van der Waals surface area contributed by atoms with E-state index in [2.05, 4.69) is 20.4 Å². The Morgan fingerprint density at radius 3 is 2.48 bits per heavy atom. The van der Waals surface area contributed by atoms with Crippen molar-refractivity contribution in [2.75, 3.05) is 13.7 Å². The van der Waals surface area contributed by atoms with Crippen LogP contribution in [0.1, 0.15) is 27.2 Å². The van der Waals surface area contributed by atoms with Crippen LogP contribution < -0.4 is 25.7 Å². The van der Waals surface area contributed by atoms with E-state index in [1.807, 2.05) is 0 Å². The SMILES string of the molecule is COc1cc(C(=O)NCC(=O)NCc2c(C)cc(C)[nH]c2=O)ccc1OC(F)F.